The summed E-state index contributed by atoms with van der Waals surface area (Å²) < 4.78 is 35.6. The van der Waals surface area contributed by atoms with E-state index in [1.165, 1.54) is 19.2 Å². The molecule has 1 unspecified atom stereocenters. The van der Waals surface area contributed by atoms with Crippen LogP contribution in [0.5, 0.6) is 11.5 Å². The normalized spacial score (nSPS) is 12.0. The zero-order valence-corrected chi connectivity index (χ0v) is 22.2. The van der Waals surface area contributed by atoms with Crippen LogP contribution in [0.2, 0.25) is 10.0 Å². The number of carbonyl (C=O) groups excluding carboxylic acids is 1. The van der Waals surface area contributed by atoms with Crippen LogP contribution >= 0.6 is 23.2 Å². The van der Waals surface area contributed by atoms with Crippen LogP contribution in [0.15, 0.2) is 65.7 Å². The first-order valence-corrected chi connectivity index (χ1v) is 13.7. The summed E-state index contributed by atoms with van der Waals surface area (Å²) in [5, 5.41) is 14.0. The van der Waals surface area contributed by atoms with Gasteiger partial charge in [0, 0.05) is 56.3 Å². The van der Waals surface area contributed by atoms with Gasteiger partial charge in [0.1, 0.15) is 24.1 Å². The number of carbonyl (C=O) groups is 1. The van der Waals surface area contributed by atoms with Gasteiger partial charge in [0.05, 0.1) is 18.6 Å². The number of H-pyrrole nitrogens is 1. The third-order valence-electron chi connectivity index (χ3n) is 5.66. The number of hydrogen-bond donors (Lipinski definition) is 3. The van der Waals surface area contributed by atoms with Crippen molar-refractivity contribution in [1.82, 2.24) is 4.98 Å². The standard InChI is InChI=1S/C26H24Cl2N2O6S.CH4/c1-35-18-11-17(12-19(13-18)37(2,33)34)30-25(21-6-4-16(28)10-24(21)36-8-7-31)26(32)22-14-29-23-9-15(27)3-5-20(22)23;/h3-6,9-14,25,29-31H,7-8H2,1-2H3;1H4. The summed E-state index contributed by atoms with van der Waals surface area (Å²) in [4.78, 5) is 17.1. The Morgan fingerprint density at radius 3 is 2.47 bits per heavy atom. The molecule has 3 aromatic carbocycles. The number of methoxy groups -OCH3 is 1. The van der Waals surface area contributed by atoms with Crippen molar-refractivity contribution in [3.05, 3.63) is 82.0 Å². The third-order valence-corrected chi connectivity index (χ3v) is 7.22. The van der Waals surface area contributed by atoms with Crippen molar-refractivity contribution in [1.29, 1.82) is 0 Å². The Balaban J connectivity index is 0.00000400. The van der Waals surface area contributed by atoms with Crippen LogP contribution in [0.25, 0.3) is 10.9 Å². The van der Waals surface area contributed by atoms with Crippen LogP contribution in [0.4, 0.5) is 5.69 Å². The van der Waals surface area contributed by atoms with Gasteiger partial charge in [-0.25, -0.2) is 8.42 Å². The lowest BCUT2D eigenvalue weighted by molar-refractivity contribution is 0.0969. The van der Waals surface area contributed by atoms with E-state index in [1.54, 1.807) is 48.7 Å². The minimum Gasteiger partial charge on any atom is -0.497 e. The second-order valence-electron chi connectivity index (χ2n) is 8.26. The summed E-state index contributed by atoms with van der Waals surface area (Å²) in [5.74, 6) is 0.265. The number of ketones is 1. The number of hydrogen-bond acceptors (Lipinski definition) is 7. The summed E-state index contributed by atoms with van der Waals surface area (Å²) in [7, 11) is -2.15. The molecular formula is C27H28Cl2N2O6S. The van der Waals surface area contributed by atoms with Crippen LogP contribution in [0, 0.1) is 0 Å². The maximum Gasteiger partial charge on any atom is 0.191 e. The summed E-state index contributed by atoms with van der Waals surface area (Å²) >= 11 is 12.3. The largest absolute Gasteiger partial charge is 0.497 e. The highest BCUT2D eigenvalue weighted by Crippen LogP contribution is 2.36. The number of sulfone groups is 1. The average Bonchev–Trinajstić information content (AvgIpc) is 3.28. The van der Waals surface area contributed by atoms with Crippen molar-refractivity contribution in [3.8, 4) is 11.5 Å². The van der Waals surface area contributed by atoms with E-state index < -0.39 is 15.9 Å². The van der Waals surface area contributed by atoms with Gasteiger partial charge in [0.25, 0.3) is 0 Å². The number of aliphatic hydroxyl groups excluding tert-OH is 1. The molecule has 0 saturated carbocycles. The molecule has 0 aliphatic carbocycles. The highest BCUT2D eigenvalue weighted by molar-refractivity contribution is 7.90. The molecule has 0 bridgehead atoms. The second-order valence-corrected chi connectivity index (χ2v) is 11.1. The Bertz CT molecular complexity index is 1570. The Morgan fingerprint density at radius 2 is 1.79 bits per heavy atom. The third kappa shape index (κ3) is 6.42. The van der Waals surface area contributed by atoms with E-state index in [4.69, 9.17) is 32.7 Å². The van der Waals surface area contributed by atoms with Crippen LogP contribution in [0.3, 0.4) is 0 Å². The smallest absolute Gasteiger partial charge is 0.191 e. The number of fused-ring (bicyclic) bond motifs is 1. The molecule has 1 heterocycles. The fraction of sp³-hybridized carbons (Fsp3) is 0.222. The zero-order chi connectivity index (χ0) is 26.7. The SMILES string of the molecule is C.COc1cc(NC(C(=O)c2c[nH]c3cc(Cl)ccc23)c2ccc(Cl)cc2OCCO)cc(S(C)(=O)=O)c1. The number of benzene rings is 3. The van der Waals surface area contributed by atoms with Crippen molar-refractivity contribution in [2.45, 2.75) is 18.4 Å². The number of nitrogens with one attached hydrogen (secondary N) is 2. The van der Waals surface area contributed by atoms with E-state index in [0.29, 0.717) is 49.3 Å². The van der Waals surface area contributed by atoms with E-state index >= 15 is 0 Å². The van der Waals surface area contributed by atoms with Crippen molar-refractivity contribution in [3.63, 3.8) is 0 Å². The molecule has 38 heavy (non-hydrogen) atoms. The maximum atomic E-state index is 14.1. The molecule has 0 radical (unpaired) electrons. The van der Waals surface area contributed by atoms with Gasteiger partial charge in [0.2, 0.25) is 0 Å². The Labute approximate surface area is 231 Å². The Kier molecular flexibility index (Phi) is 9.32. The molecule has 1 atom stereocenters. The predicted molar refractivity (Wildman–Crippen MR) is 151 cm³/mol. The van der Waals surface area contributed by atoms with E-state index in [1.807, 2.05) is 0 Å². The van der Waals surface area contributed by atoms with E-state index in [-0.39, 0.29) is 31.3 Å². The minimum atomic E-state index is -3.57. The monoisotopic (exact) mass is 578 g/mol. The molecular weight excluding hydrogens is 551 g/mol. The molecule has 202 valence electrons. The quantitative estimate of drug-likeness (QED) is 0.199. The fourth-order valence-corrected chi connectivity index (χ4v) is 4.93. The molecule has 3 N–H and O–H groups in total. The average molecular weight is 580 g/mol. The zero-order valence-electron chi connectivity index (χ0n) is 19.9. The van der Waals surface area contributed by atoms with Gasteiger partial charge >= 0.3 is 0 Å². The highest BCUT2D eigenvalue weighted by atomic mass is 35.5. The lowest BCUT2D eigenvalue weighted by atomic mass is 9.95. The van der Waals surface area contributed by atoms with Crippen molar-refractivity contribution in [2.24, 2.45) is 0 Å². The van der Waals surface area contributed by atoms with Gasteiger partial charge in [-0.15, -0.1) is 0 Å². The van der Waals surface area contributed by atoms with Crippen molar-refractivity contribution < 1.29 is 27.8 Å². The first kappa shape index (κ1) is 29.3. The second kappa shape index (κ2) is 12.1. The van der Waals surface area contributed by atoms with Crippen LogP contribution in [-0.2, 0) is 9.84 Å². The lowest BCUT2D eigenvalue weighted by Gasteiger charge is -2.23. The number of halogens is 2. The molecule has 4 aromatic rings. The number of aromatic nitrogens is 1. The van der Waals surface area contributed by atoms with E-state index in [9.17, 15) is 18.3 Å². The molecule has 0 aliphatic heterocycles. The Hall–Kier alpha value is -3.24. The van der Waals surface area contributed by atoms with E-state index in [0.717, 1.165) is 6.26 Å². The number of aromatic amines is 1. The summed E-state index contributed by atoms with van der Waals surface area (Å²) in [6, 6.07) is 13.4. The summed E-state index contributed by atoms with van der Waals surface area (Å²) in [6.07, 6.45) is 2.68. The number of Topliss-reactive ketones (excluding diaryl/α,β-unsaturated/α-hetero) is 1. The first-order valence-electron chi connectivity index (χ1n) is 11.1. The van der Waals surface area contributed by atoms with Gasteiger partial charge in [-0.1, -0.05) is 42.8 Å². The topological polar surface area (TPSA) is 118 Å². The molecule has 1 aromatic heterocycles. The van der Waals surface area contributed by atoms with Gasteiger partial charge < -0.3 is 24.9 Å². The maximum absolute atomic E-state index is 14.1. The molecule has 0 spiro atoms. The van der Waals surface area contributed by atoms with Crippen LogP contribution < -0.4 is 14.8 Å². The lowest BCUT2D eigenvalue weighted by Crippen LogP contribution is -2.22. The van der Waals surface area contributed by atoms with Gasteiger partial charge in [-0.3, -0.25) is 4.79 Å². The number of ether oxygens (including phenoxy) is 2. The van der Waals surface area contributed by atoms with Crippen LogP contribution in [0.1, 0.15) is 29.4 Å². The molecule has 11 heteroatoms. The summed E-state index contributed by atoms with van der Waals surface area (Å²) in [6.45, 7) is -0.258. The summed E-state index contributed by atoms with van der Waals surface area (Å²) in [5.41, 5.74) is 1.85. The number of aliphatic hydroxyl groups is 1. The fourth-order valence-electron chi connectivity index (χ4n) is 3.92. The first-order chi connectivity index (χ1) is 17.6. The molecule has 4 rings (SSSR count). The molecule has 8 nitrogen and oxygen atoms in total. The molecule has 0 saturated heterocycles. The van der Waals surface area contributed by atoms with Crippen molar-refractivity contribution >= 4 is 55.4 Å². The Morgan fingerprint density at radius 1 is 1.08 bits per heavy atom. The molecule has 0 aliphatic rings. The van der Waals surface area contributed by atoms with Gasteiger partial charge in [0.15, 0.2) is 15.6 Å². The minimum absolute atomic E-state index is 0. The molecule has 0 amide bonds. The van der Waals surface area contributed by atoms with Gasteiger partial charge in [-0.05, 0) is 36.4 Å². The highest BCUT2D eigenvalue weighted by Gasteiger charge is 2.28. The van der Waals surface area contributed by atoms with Crippen molar-refractivity contribution in [2.75, 3.05) is 31.9 Å². The van der Waals surface area contributed by atoms with Crippen LogP contribution in [-0.4, -0.2) is 50.9 Å². The molecule has 0 fully saturated rings. The van der Waals surface area contributed by atoms with E-state index in [2.05, 4.69) is 10.3 Å². The number of rotatable bonds is 10. The van der Waals surface area contributed by atoms with Gasteiger partial charge in [-0.2, -0.15) is 0 Å². The number of anilines is 1. The predicted octanol–water partition coefficient (Wildman–Crippen LogP) is 5.93.